The molecule has 2 nitrogen and oxygen atoms in total. The van der Waals surface area contributed by atoms with Crippen LogP contribution in [0.3, 0.4) is 0 Å². The van der Waals surface area contributed by atoms with Gasteiger partial charge >= 0.3 is 0 Å². The summed E-state index contributed by atoms with van der Waals surface area (Å²) in [4.78, 5) is 1.05. The molecule has 0 saturated carbocycles. The van der Waals surface area contributed by atoms with E-state index in [1.54, 1.807) is 23.9 Å². The Bertz CT molecular complexity index is 288. The molecule has 1 rings (SSSR count). The maximum absolute atomic E-state index is 9.14. The number of aromatic hydroxyl groups is 1. The smallest absolute Gasteiger partial charge is 0.117 e. The van der Waals surface area contributed by atoms with E-state index in [4.69, 9.17) is 10.8 Å². The number of anilines is 1. The van der Waals surface area contributed by atoms with E-state index >= 15 is 0 Å². The minimum Gasteiger partial charge on any atom is -0.508 e. The van der Waals surface area contributed by atoms with E-state index in [-0.39, 0.29) is 5.75 Å². The number of rotatable bonds is 3. The van der Waals surface area contributed by atoms with Crippen LogP contribution >= 0.6 is 11.8 Å². The Balaban J connectivity index is 2.77. The molecule has 3 N–H and O–H groups in total. The number of phenolic OH excluding ortho intramolecular Hbond substituents is 1. The number of benzene rings is 1. The highest BCUT2D eigenvalue weighted by Crippen LogP contribution is 2.31. The number of hydrogen-bond acceptors (Lipinski definition) is 3. The second-order valence-electron chi connectivity index (χ2n) is 3.06. The lowest BCUT2D eigenvalue weighted by Gasteiger charge is -2.10. The molecule has 1 unspecified atom stereocenters. The summed E-state index contributed by atoms with van der Waals surface area (Å²) in [6, 6.07) is 5.12. The molecule has 0 aliphatic carbocycles. The summed E-state index contributed by atoms with van der Waals surface area (Å²) in [6.07, 6.45) is 1.12. The molecule has 0 fully saturated rings. The molecule has 1 aromatic carbocycles. The SMILES string of the molecule is CCC(C)Sc1ccc(O)cc1N. The van der Waals surface area contributed by atoms with E-state index < -0.39 is 0 Å². The van der Waals surface area contributed by atoms with Crippen molar-refractivity contribution in [3.05, 3.63) is 18.2 Å². The summed E-state index contributed by atoms with van der Waals surface area (Å²) >= 11 is 1.74. The fourth-order valence-corrected chi connectivity index (χ4v) is 1.89. The van der Waals surface area contributed by atoms with Crippen molar-refractivity contribution in [1.82, 2.24) is 0 Å². The highest BCUT2D eigenvalue weighted by molar-refractivity contribution is 8.00. The fraction of sp³-hybridized carbons (Fsp3) is 0.400. The van der Waals surface area contributed by atoms with Crippen LogP contribution in [0.25, 0.3) is 0 Å². The molecular weight excluding hydrogens is 182 g/mol. The molecule has 0 spiro atoms. The van der Waals surface area contributed by atoms with Crippen molar-refractivity contribution in [2.75, 3.05) is 5.73 Å². The lowest BCUT2D eigenvalue weighted by atomic mass is 10.3. The van der Waals surface area contributed by atoms with Crippen LogP contribution < -0.4 is 5.73 Å². The first kappa shape index (κ1) is 10.3. The Morgan fingerprint density at radius 1 is 1.54 bits per heavy atom. The van der Waals surface area contributed by atoms with E-state index in [2.05, 4.69) is 13.8 Å². The van der Waals surface area contributed by atoms with Gasteiger partial charge in [-0.1, -0.05) is 13.8 Å². The van der Waals surface area contributed by atoms with Crippen LogP contribution in [0.4, 0.5) is 5.69 Å². The van der Waals surface area contributed by atoms with Gasteiger partial charge in [0.25, 0.3) is 0 Å². The summed E-state index contributed by atoms with van der Waals surface area (Å²) in [7, 11) is 0. The van der Waals surface area contributed by atoms with E-state index in [1.807, 2.05) is 6.07 Å². The molecule has 1 atom stereocenters. The minimum absolute atomic E-state index is 0.228. The Kier molecular flexibility index (Phi) is 3.48. The standard InChI is InChI=1S/C10H15NOS/c1-3-7(2)13-10-5-4-8(12)6-9(10)11/h4-7,12H,3,11H2,1-2H3. The van der Waals surface area contributed by atoms with E-state index in [0.29, 0.717) is 10.9 Å². The predicted octanol–water partition coefficient (Wildman–Crippen LogP) is 2.87. The van der Waals surface area contributed by atoms with Crippen molar-refractivity contribution in [3.63, 3.8) is 0 Å². The first-order chi connectivity index (χ1) is 6.13. The maximum Gasteiger partial charge on any atom is 0.117 e. The van der Waals surface area contributed by atoms with Gasteiger partial charge in [0.1, 0.15) is 5.75 Å². The molecule has 3 heteroatoms. The topological polar surface area (TPSA) is 46.2 Å². The van der Waals surface area contributed by atoms with Crippen LogP contribution in [-0.2, 0) is 0 Å². The van der Waals surface area contributed by atoms with Crippen molar-refractivity contribution in [2.24, 2.45) is 0 Å². The minimum atomic E-state index is 0.228. The average Bonchev–Trinajstić information content (AvgIpc) is 2.09. The van der Waals surface area contributed by atoms with Crippen LogP contribution in [0.2, 0.25) is 0 Å². The Morgan fingerprint density at radius 3 is 2.77 bits per heavy atom. The first-order valence-corrected chi connectivity index (χ1v) is 5.26. The quantitative estimate of drug-likeness (QED) is 0.578. The molecule has 0 bridgehead atoms. The van der Waals surface area contributed by atoms with Crippen LogP contribution in [0, 0.1) is 0 Å². The van der Waals surface area contributed by atoms with Gasteiger partial charge in [-0.3, -0.25) is 0 Å². The van der Waals surface area contributed by atoms with E-state index in [0.717, 1.165) is 11.3 Å². The van der Waals surface area contributed by atoms with Gasteiger partial charge in [0.15, 0.2) is 0 Å². The third-order valence-corrected chi connectivity index (χ3v) is 3.26. The normalized spacial score (nSPS) is 12.8. The van der Waals surface area contributed by atoms with Gasteiger partial charge in [0.05, 0.1) is 0 Å². The zero-order chi connectivity index (χ0) is 9.84. The van der Waals surface area contributed by atoms with Crippen molar-refractivity contribution in [3.8, 4) is 5.75 Å². The van der Waals surface area contributed by atoms with Crippen LogP contribution in [0.15, 0.2) is 23.1 Å². The summed E-state index contributed by atoms with van der Waals surface area (Å²) in [5.74, 6) is 0.228. The van der Waals surface area contributed by atoms with Gasteiger partial charge in [0, 0.05) is 21.9 Å². The molecule has 0 heterocycles. The van der Waals surface area contributed by atoms with E-state index in [9.17, 15) is 0 Å². The summed E-state index contributed by atoms with van der Waals surface area (Å²) in [5, 5.41) is 9.70. The Labute approximate surface area is 83.1 Å². The highest BCUT2D eigenvalue weighted by atomic mass is 32.2. The van der Waals surface area contributed by atoms with Crippen molar-refractivity contribution < 1.29 is 5.11 Å². The zero-order valence-electron chi connectivity index (χ0n) is 7.95. The Hall–Kier alpha value is -0.830. The zero-order valence-corrected chi connectivity index (χ0v) is 8.77. The Morgan fingerprint density at radius 2 is 2.23 bits per heavy atom. The van der Waals surface area contributed by atoms with Gasteiger partial charge in [0.2, 0.25) is 0 Å². The second-order valence-corrected chi connectivity index (χ2v) is 4.54. The molecule has 72 valence electrons. The molecule has 0 aliphatic rings. The van der Waals surface area contributed by atoms with Gasteiger partial charge in [-0.25, -0.2) is 0 Å². The molecule has 0 amide bonds. The van der Waals surface area contributed by atoms with Gasteiger partial charge in [-0.15, -0.1) is 11.8 Å². The number of thioether (sulfide) groups is 1. The largest absolute Gasteiger partial charge is 0.508 e. The van der Waals surface area contributed by atoms with Gasteiger partial charge < -0.3 is 10.8 Å². The summed E-state index contributed by atoms with van der Waals surface area (Å²) < 4.78 is 0. The van der Waals surface area contributed by atoms with Crippen LogP contribution in [-0.4, -0.2) is 10.4 Å². The second kappa shape index (κ2) is 4.42. The summed E-state index contributed by atoms with van der Waals surface area (Å²) in [5.41, 5.74) is 6.40. The molecule has 0 radical (unpaired) electrons. The lowest BCUT2D eigenvalue weighted by molar-refractivity contribution is 0.475. The molecule has 1 aromatic rings. The van der Waals surface area contributed by atoms with Crippen molar-refractivity contribution in [1.29, 1.82) is 0 Å². The number of phenols is 1. The molecule has 0 saturated heterocycles. The first-order valence-electron chi connectivity index (χ1n) is 4.38. The fourth-order valence-electron chi connectivity index (χ4n) is 0.943. The maximum atomic E-state index is 9.14. The monoisotopic (exact) mass is 197 g/mol. The predicted molar refractivity (Wildman–Crippen MR) is 58.1 cm³/mol. The third kappa shape index (κ3) is 2.84. The van der Waals surface area contributed by atoms with E-state index in [1.165, 1.54) is 0 Å². The van der Waals surface area contributed by atoms with Crippen LogP contribution in [0.1, 0.15) is 20.3 Å². The average molecular weight is 197 g/mol. The van der Waals surface area contributed by atoms with Crippen LogP contribution in [0.5, 0.6) is 5.75 Å². The molecule has 0 aromatic heterocycles. The third-order valence-electron chi connectivity index (χ3n) is 1.90. The number of nitrogen functional groups attached to an aromatic ring is 1. The number of hydrogen-bond donors (Lipinski definition) is 2. The molecular formula is C10H15NOS. The van der Waals surface area contributed by atoms with Crippen molar-refractivity contribution in [2.45, 2.75) is 30.4 Å². The van der Waals surface area contributed by atoms with Gasteiger partial charge in [-0.2, -0.15) is 0 Å². The summed E-state index contributed by atoms with van der Waals surface area (Å²) in [6.45, 7) is 4.31. The highest BCUT2D eigenvalue weighted by Gasteiger charge is 2.05. The van der Waals surface area contributed by atoms with Gasteiger partial charge in [-0.05, 0) is 18.6 Å². The molecule has 0 aliphatic heterocycles. The van der Waals surface area contributed by atoms with Crippen molar-refractivity contribution >= 4 is 17.4 Å². The number of nitrogens with two attached hydrogens (primary N) is 1. The lowest BCUT2D eigenvalue weighted by Crippen LogP contribution is -1.95. The molecule has 13 heavy (non-hydrogen) atoms.